The van der Waals surface area contributed by atoms with Gasteiger partial charge in [0.2, 0.25) is 0 Å². The lowest BCUT2D eigenvalue weighted by molar-refractivity contribution is -0.138. The van der Waals surface area contributed by atoms with Crippen LogP contribution in [0.15, 0.2) is 36.0 Å². The van der Waals surface area contributed by atoms with Gasteiger partial charge in [-0.05, 0) is 24.5 Å². The summed E-state index contributed by atoms with van der Waals surface area (Å²) < 4.78 is 5.13. The van der Waals surface area contributed by atoms with Gasteiger partial charge in [-0.2, -0.15) is 5.26 Å². The Morgan fingerprint density at radius 1 is 1.43 bits per heavy atom. The Balaban J connectivity index is 2.17. The number of para-hydroxylation sites is 1. The van der Waals surface area contributed by atoms with E-state index in [4.69, 9.17) is 10.00 Å². The van der Waals surface area contributed by atoms with Crippen LogP contribution in [0.5, 0.6) is 0 Å². The van der Waals surface area contributed by atoms with Gasteiger partial charge in [-0.15, -0.1) is 0 Å². The predicted molar refractivity (Wildman–Crippen MR) is 82.3 cm³/mol. The third kappa shape index (κ3) is 3.73. The second-order valence-corrected chi connectivity index (χ2v) is 5.28. The summed E-state index contributed by atoms with van der Waals surface area (Å²) in [5.41, 5.74) is 1.79. The molecule has 0 aliphatic rings. The van der Waals surface area contributed by atoms with Crippen LogP contribution < -0.4 is 0 Å². The summed E-state index contributed by atoms with van der Waals surface area (Å²) in [7, 11) is 0. The topological polar surface area (TPSA) is 65.9 Å². The van der Waals surface area contributed by atoms with Crippen LogP contribution in [-0.4, -0.2) is 17.6 Å². The molecule has 4 nitrogen and oxygen atoms in total. The number of nitrogens with one attached hydrogen (secondary N) is 1. The first-order valence-corrected chi connectivity index (χ1v) is 6.97. The molecule has 0 saturated heterocycles. The van der Waals surface area contributed by atoms with Crippen LogP contribution in [0.2, 0.25) is 0 Å². The van der Waals surface area contributed by atoms with Gasteiger partial charge in [0.1, 0.15) is 11.6 Å². The number of fused-ring (bicyclic) bond motifs is 1. The van der Waals surface area contributed by atoms with Crippen molar-refractivity contribution in [3.8, 4) is 6.07 Å². The number of nitriles is 1. The van der Waals surface area contributed by atoms with E-state index in [9.17, 15) is 4.79 Å². The van der Waals surface area contributed by atoms with Crippen LogP contribution in [0.3, 0.4) is 0 Å². The minimum Gasteiger partial charge on any atom is -0.462 e. The van der Waals surface area contributed by atoms with Crippen molar-refractivity contribution < 1.29 is 9.53 Å². The molecule has 0 bridgehead atoms. The molecule has 0 aliphatic carbocycles. The van der Waals surface area contributed by atoms with Gasteiger partial charge in [0.15, 0.2) is 0 Å². The minimum atomic E-state index is -0.566. The SMILES string of the molecule is CC(C)CCOC(=O)/C(C#N)=C/c1c[nH]c2ccccc12. The first-order valence-electron chi connectivity index (χ1n) is 6.97. The normalized spacial score (nSPS) is 11.6. The smallest absolute Gasteiger partial charge is 0.348 e. The number of hydrogen-bond acceptors (Lipinski definition) is 3. The Hall–Kier alpha value is -2.54. The number of aromatic nitrogens is 1. The Labute approximate surface area is 124 Å². The Bertz CT molecular complexity index is 705. The molecule has 0 saturated carbocycles. The fraction of sp³-hybridized carbons (Fsp3) is 0.294. The summed E-state index contributed by atoms with van der Waals surface area (Å²) in [6.07, 6.45) is 4.14. The first-order chi connectivity index (χ1) is 10.1. The van der Waals surface area contributed by atoms with E-state index in [0.29, 0.717) is 12.5 Å². The van der Waals surface area contributed by atoms with E-state index in [1.807, 2.05) is 30.3 Å². The Kier molecular flexibility index (Phi) is 4.78. The predicted octanol–water partition coefficient (Wildman–Crippen LogP) is 3.66. The average Bonchev–Trinajstić information content (AvgIpc) is 2.87. The maximum atomic E-state index is 11.9. The van der Waals surface area contributed by atoms with Gasteiger partial charge in [-0.1, -0.05) is 32.0 Å². The van der Waals surface area contributed by atoms with Crippen LogP contribution in [-0.2, 0) is 9.53 Å². The number of hydrogen-bond donors (Lipinski definition) is 1. The van der Waals surface area contributed by atoms with Crippen molar-refractivity contribution in [1.29, 1.82) is 5.26 Å². The molecular weight excluding hydrogens is 264 g/mol. The molecule has 0 aliphatic heterocycles. The maximum Gasteiger partial charge on any atom is 0.348 e. The van der Waals surface area contributed by atoms with Crippen LogP contribution in [0.1, 0.15) is 25.8 Å². The number of esters is 1. The van der Waals surface area contributed by atoms with Crippen molar-refractivity contribution >= 4 is 22.9 Å². The zero-order chi connectivity index (χ0) is 15.2. The molecule has 0 radical (unpaired) electrons. The van der Waals surface area contributed by atoms with E-state index < -0.39 is 5.97 Å². The molecule has 21 heavy (non-hydrogen) atoms. The third-order valence-electron chi connectivity index (χ3n) is 3.19. The summed E-state index contributed by atoms with van der Waals surface area (Å²) in [5, 5.41) is 10.1. The molecule has 1 aromatic heterocycles. The summed E-state index contributed by atoms with van der Waals surface area (Å²) in [5.74, 6) is -0.107. The first kappa shape index (κ1) is 14.9. The molecule has 4 heteroatoms. The average molecular weight is 282 g/mol. The molecule has 1 aromatic carbocycles. The van der Waals surface area contributed by atoms with E-state index >= 15 is 0 Å². The number of benzene rings is 1. The summed E-state index contributed by atoms with van der Waals surface area (Å²) >= 11 is 0. The van der Waals surface area contributed by atoms with E-state index in [0.717, 1.165) is 22.9 Å². The zero-order valence-corrected chi connectivity index (χ0v) is 12.2. The number of aromatic amines is 1. The monoisotopic (exact) mass is 282 g/mol. The van der Waals surface area contributed by atoms with E-state index in [1.165, 1.54) is 0 Å². The fourth-order valence-corrected chi connectivity index (χ4v) is 1.97. The number of H-pyrrole nitrogens is 1. The Morgan fingerprint density at radius 3 is 2.90 bits per heavy atom. The van der Waals surface area contributed by atoms with E-state index in [2.05, 4.69) is 18.8 Å². The molecule has 2 aromatic rings. The Morgan fingerprint density at radius 2 is 2.19 bits per heavy atom. The highest BCUT2D eigenvalue weighted by atomic mass is 16.5. The van der Waals surface area contributed by atoms with Crippen molar-refractivity contribution in [3.63, 3.8) is 0 Å². The fourth-order valence-electron chi connectivity index (χ4n) is 1.97. The highest BCUT2D eigenvalue weighted by Gasteiger charge is 2.12. The van der Waals surface area contributed by atoms with Gasteiger partial charge in [-0.25, -0.2) is 4.79 Å². The quantitative estimate of drug-likeness (QED) is 0.517. The maximum absolute atomic E-state index is 11.9. The van der Waals surface area contributed by atoms with Gasteiger partial charge < -0.3 is 9.72 Å². The van der Waals surface area contributed by atoms with Crippen LogP contribution in [0, 0.1) is 17.2 Å². The standard InChI is InChI=1S/C17H18N2O2/c1-12(2)7-8-21-17(20)13(10-18)9-14-11-19-16-6-4-3-5-15(14)16/h3-6,9,11-12,19H,7-8H2,1-2H3/b13-9+. The van der Waals surface area contributed by atoms with Crippen LogP contribution >= 0.6 is 0 Å². The van der Waals surface area contributed by atoms with Gasteiger partial charge >= 0.3 is 5.97 Å². The molecule has 1 heterocycles. The van der Waals surface area contributed by atoms with Gasteiger partial charge in [-0.3, -0.25) is 0 Å². The highest BCUT2D eigenvalue weighted by Crippen LogP contribution is 2.20. The molecule has 0 fully saturated rings. The molecule has 0 amide bonds. The lowest BCUT2D eigenvalue weighted by Crippen LogP contribution is -2.09. The summed E-state index contributed by atoms with van der Waals surface area (Å²) in [6.45, 7) is 4.45. The molecular formula is C17H18N2O2. The number of ether oxygens (including phenoxy) is 1. The zero-order valence-electron chi connectivity index (χ0n) is 12.2. The second-order valence-electron chi connectivity index (χ2n) is 5.28. The van der Waals surface area contributed by atoms with Gasteiger partial charge in [0, 0.05) is 22.7 Å². The molecule has 2 rings (SSSR count). The minimum absolute atomic E-state index is 0.0171. The molecule has 1 N–H and O–H groups in total. The van der Waals surface area contributed by atoms with E-state index in [-0.39, 0.29) is 5.57 Å². The second kappa shape index (κ2) is 6.76. The molecule has 0 atom stereocenters. The summed E-state index contributed by atoms with van der Waals surface area (Å²) in [6, 6.07) is 9.65. The van der Waals surface area contributed by atoms with Crippen molar-refractivity contribution in [3.05, 3.63) is 41.6 Å². The largest absolute Gasteiger partial charge is 0.462 e. The van der Waals surface area contributed by atoms with Crippen LogP contribution in [0.25, 0.3) is 17.0 Å². The van der Waals surface area contributed by atoms with Crippen molar-refractivity contribution in [2.45, 2.75) is 20.3 Å². The van der Waals surface area contributed by atoms with Gasteiger partial charge in [0.05, 0.1) is 6.61 Å². The lowest BCUT2D eigenvalue weighted by Gasteiger charge is -2.05. The highest BCUT2D eigenvalue weighted by molar-refractivity contribution is 6.01. The van der Waals surface area contributed by atoms with E-state index in [1.54, 1.807) is 12.3 Å². The van der Waals surface area contributed by atoms with Crippen molar-refractivity contribution in [2.75, 3.05) is 6.61 Å². The van der Waals surface area contributed by atoms with Crippen molar-refractivity contribution in [2.24, 2.45) is 5.92 Å². The number of carbonyl (C=O) groups excluding carboxylic acids is 1. The molecule has 108 valence electrons. The number of carbonyl (C=O) groups is 1. The number of nitrogens with zero attached hydrogens (tertiary/aromatic N) is 1. The van der Waals surface area contributed by atoms with Gasteiger partial charge in [0.25, 0.3) is 0 Å². The third-order valence-corrected chi connectivity index (χ3v) is 3.19. The number of rotatable bonds is 5. The van der Waals surface area contributed by atoms with Crippen molar-refractivity contribution in [1.82, 2.24) is 4.98 Å². The molecule has 0 unspecified atom stereocenters. The molecule has 0 spiro atoms. The van der Waals surface area contributed by atoms with Crippen LogP contribution in [0.4, 0.5) is 0 Å². The lowest BCUT2D eigenvalue weighted by atomic mass is 10.1. The summed E-state index contributed by atoms with van der Waals surface area (Å²) in [4.78, 5) is 15.0.